The van der Waals surface area contributed by atoms with Crippen molar-refractivity contribution in [3.63, 3.8) is 0 Å². The van der Waals surface area contributed by atoms with Crippen LogP contribution in [-0.2, 0) is 5.75 Å². The Morgan fingerprint density at radius 2 is 2.39 bits per heavy atom. The molecule has 0 aliphatic heterocycles. The quantitative estimate of drug-likeness (QED) is 0.807. The van der Waals surface area contributed by atoms with Gasteiger partial charge in [0, 0.05) is 23.3 Å². The predicted molar refractivity (Wildman–Crippen MR) is 71.1 cm³/mol. The number of hydrogen-bond acceptors (Lipinski definition) is 7. The fourth-order valence-electron chi connectivity index (χ4n) is 1.35. The molecule has 98 valence electrons. The maximum absolute atomic E-state index is 11.6. The highest BCUT2D eigenvalue weighted by atomic mass is 32.2. The minimum atomic E-state index is -0.715. The lowest BCUT2D eigenvalue weighted by atomic mass is 10.4. The zero-order chi connectivity index (χ0) is 13.1. The smallest absolute Gasteiger partial charge is 0.275 e. The van der Waals surface area contributed by atoms with E-state index in [4.69, 9.17) is 5.11 Å². The van der Waals surface area contributed by atoms with Gasteiger partial charge in [-0.15, -0.1) is 0 Å². The topological polar surface area (TPSA) is 87.7 Å². The molecule has 0 saturated heterocycles. The first-order valence-corrected chi connectivity index (χ1v) is 7.30. The molecule has 18 heavy (non-hydrogen) atoms. The minimum Gasteiger partial charge on any atom is -0.394 e. The van der Waals surface area contributed by atoms with E-state index in [2.05, 4.69) is 10.1 Å². The van der Waals surface area contributed by atoms with Crippen LogP contribution >= 0.6 is 23.1 Å². The van der Waals surface area contributed by atoms with Crippen molar-refractivity contribution in [1.29, 1.82) is 0 Å². The van der Waals surface area contributed by atoms with Gasteiger partial charge < -0.3 is 10.2 Å². The van der Waals surface area contributed by atoms with E-state index in [0.29, 0.717) is 22.2 Å². The first-order valence-electron chi connectivity index (χ1n) is 5.33. The number of aromatic nitrogens is 3. The lowest BCUT2D eigenvalue weighted by Crippen LogP contribution is -2.15. The van der Waals surface area contributed by atoms with E-state index < -0.39 is 6.10 Å². The van der Waals surface area contributed by atoms with Crippen molar-refractivity contribution < 1.29 is 10.2 Å². The van der Waals surface area contributed by atoms with E-state index in [1.54, 1.807) is 6.92 Å². The summed E-state index contributed by atoms with van der Waals surface area (Å²) in [6.45, 7) is 1.53. The van der Waals surface area contributed by atoms with Gasteiger partial charge in [0.05, 0.1) is 12.7 Å². The number of aliphatic hydroxyl groups excluding tert-OH is 2. The van der Waals surface area contributed by atoms with Gasteiger partial charge in [0.25, 0.3) is 5.56 Å². The highest BCUT2D eigenvalue weighted by Crippen LogP contribution is 2.18. The Kier molecular flexibility index (Phi) is 4.33. The lowest BCUT2D eigenvalue weighted by Gasteiger charge is -2.04. The van der Waals surface area contributed by atoms with Gasteiger partial charge in [0.1, 0.15) is 5.01 Å². The van der Waals surface area contributed by atoms with Gasteiger partial charge in [-0.3, -0.25) is 4.79 Å². The van der Waals surface area contributed by atoms with Crippen LogP contribution in [0.15, 0.2) is 10.9 Å². The van der Waals surface area contributed by atoms with Crippen LogP contribution in [0.3, 0.4) is 0 Å². The third-order valence-electron chi connectivity index (χ3n) is 2.16. The molecule has 0 aliphatic carbocycles. The van der Waals surface area contributed by atoms with Crippen molar-refractivity contribution in [2.24, 2.45) is 0 Å². The van der Waals surface area contributed by atoms with E-state index >= 15 is 0 Å². The molecule has 0 fully saturated rings. The molecule has 0 bridgehead atoms. The van der Waals surface area contributed by atoms with Crippen LogP contribution in [0.4, 0.5) is 0 Å². The van der Waals surface area contributed by atoms with Crippen molar-refractivity contribution in [3.05, 3.63) is 27.1 Å². The molecule has 0 aromatic carbocycles. The average molecular weight is 287 g/mol. The van der Waals surface area contributed by atoms with Crippen LogP contribution in [0, 0.1) is 6.92 Å². The Bertz CT molecular complexity index is 596. The van der Waals surface area contributed by atoms with Crippen LogP contribution in [0.1, 0.15) is 10.7 Å². The van der Waals surface area contributed by atoms with Crippen molar-refractivity contribution in [2.75, 3.05) is 12.4 Å². The molecule has 0 radical (unpaired) electrons. The molecule has 6 nitrogen and oxygen atoms in total. The maximum atomic E-state index is 11.6. The normalized spacial score (nSPS) is 13.1. The number of aryl methyl sites for hydroxylation is 1. The standard InChI is InChI=1S/C10H13N3O3S2/c1-6-2-9(16)13-10(11-6)18-8(12-13)5-17-4-7(15)3-14/h2,7,14-15H,3-5H2,1H3. The molecule has 0 aliphatic rings. The second-order valence-electron chi connectivity index (χ2n) is 3.78. The van der Waals surface area contributed by atoms with Gasteiger partial charge in [-0.25, -0.2) is 4.98 Å². The van der Waals surface area contributed by atoms with E-state index in [-0.39, 0.29) is 12.2 Å². The zero-order valence-corrected chi connectivity index (χ0v) is 11.4. The van der Waals surface area contributed by atoms with Crippen LogP contribution in [0.5, 0.6) is 0 Å². The highest BCUT2D eigenvalue weighted by molar-refractivity contribution is 7.98. The molecule has 2 aromatic heterocycles. The van der Waals surface area contributed by atoms with Gasteiger partial charge in [0.2, 0.25) is 4.96 Å². The van der Waals surface area contributed by atoms with Gasteiger partial charge in [-0.05, 0) is 6.92 Å². The molecule has 0 spiro atoms. The van der Waals surface area contributed by atoms with Gasteiger partial charge in [-0.1, -0.05) is 11.3 Å². The fourth-order valence-corrected chi connectivity index (χ4v) is 3.31. The fraction of sp³-hybridized carbons (Fsp3) is 0.500. The maximum Gasteiger partial charge on any atom is 0.275 e. The van der Waals surface area contributed by atoms with Gasteiger partial charge in [-0.2, -0.15) is 21.4 Å². The molecule has 0 amide bonds. The van der Waals surface area contributed by atoms with Crippen LogP contribution in [0.2, 0.25) is 0 Å². The van der Waals surface area contributed by atoms with E-state index in [1.165, 1.54) is 33.7 Å². The summed E-state index contributed by atoms with van der Waals surface area (Å²) >= 11 is 2.82. The lowest BCUT2D eigenvalue weighted by molar-refractivity contribution is 0.113. The summed E-state index contributed by atoms with van der Waals surface area (Å²) in [6.07, 6.45) is -0.715. The first-order chi connectivity index (χ1) is 8.60. The number of hydrogen-bond donors (Lipinski definition) is 2. The summed E-state index contributed by atoms with van der Waals surface area (Å²) in [6, 6.07) is 1.44. The Hall–Kier alpha value is -0.960. The molecule has 2 N–H and O–H groups in total. The number of aliphatic hydroxyl groups is 2. The zero-order valence-electron chi connectivity index (χ0n) is 9.74. The SMILES string of the molecule is Cc1cc(=O)n2nc(CSCC(O)CO)sc2n1. The van der Waals surface area contributed by atoms with Crippen molar-refractivity contribution in [1.82, 2.24) is 14.6 Å². The summed E-state index contributed by atoms with van der Waals surface area (Å²) in [7, 11) is 0. The molecule has 1 atom stereocenters. The third kappa shape index (κ3) is 3.08. The Morgan fingerprint density at radius 1 is 1.61 bits per heavy atom. The van der Waals surface area contributed by atoms with E-state index in [0.717, 1.165) is 5.01 Å². The van der Waals surface area contributed by atoms with Crippen LogP contribution in [-0.4, -0.2) is 43.3 Å². The van der Waals surface area contributed by atoms with Crippen LogP contribution in [0.25, 0.3) is 4.96 Å². The summed E-state index contributed by atoms with van der Waals surface area (Å²) < 4.78 is 1.29. The Balaban J connectivity index is 2.11. The van der Waals surface area contributed by atoms with Crippen molar-refractivity contribution in [3.8, 4) is 0 Å². The summed E-state index contributed by atoms with van der Waals surface area (Å²) in [5, 5.41) is 22.8. The number of fused-ring (bicyclic) bond motifs is 1. The Labute approximate surface area is 111 Å². The van der Waals surface area contributed by atoms with Gasteiger partial charge in [0.15, 0.2) is 0 Å². The first kappa shape index (κ1) is 13.5. The molecule has 8 heteroatoms. The van der Waals surface area contributed by atoms with Crippen molar-refractivity contribution >= 4 is 28.1 Å². The molecule has 0 saturated carbocycles. The summed E-state index contributed by atoms with van der Waals surface area (Å²) in [4.78, 5) is 16.4. The average Bonchev–Trinajstić information content (AvgIpc) is 2.72. The number of nitrogens with zero attached hydrogens (tertiary/aromatic N) is 3. The summed E-state index contributed by atoms with van der Waals surface area (Å²) in [5.74, 6) is 1.03. The largest absolute Gasteiger partial charge is 0.394 e. The Morgan fingerprint density at radius 3 is 3.11 bits per heavy atom. The minimum absolute atomic E-state index is 0.180. The van der Waals surface area contributed by atoms with Crippen LogP contribution < -0.4 is 5.56 Å². The molecule has 1 unspecified atom stereocenters. The van der Waals surface area contributed by atoms with Crippen molar-refractivity contribution in [2.45, 2.75) is 18.8 Å². The molecule has 2 rings (SSSR count). The second kappa shape index (κ2) is 5.79. The number of thioether (sulfide) groups is 1. The third-order valence-corrected chi connectivity index (χ3v) is 4.35. The second-order valence-corrected chi connectivity index (χ2v) is 5.85. The summed E-state index contributed by atoms with van der Waals surface area (Å²) in [5.41, 5.74) is 0.499. The highest BCUT2D eigenvalue weighted by Gasteiger charge is 2.08. The van der Waals surface area contributed by atoms with E-state index in [9.17, 15) is 9.90 Å². The number of rotatable bonds is 5. The molecular weight excluding hydrogens is 274 g/mol. The van der Waals surface area contributed by atoms with E-state index in [1.807, 2.05) is 0 Å². The predicted octanol–water partition coefficient (Wildman–Crippen LogP) is 0.0458. The van der Waals surface area contributed by atoms with Gasteiger partial charge >= 0.3 is 0 Å². The monoisotopic (exact) mass is 287 g/mol. The molecular formula is C10H13N3O3S2. The molecule has 2 aromatic rings. The molecule has 2 heterocycles.